The molecule has 2 N–H and O–H groups in total. The number of aromatic nitrogens is 5. The Hall–Kier alpha value is -4.41. The first-order chi connectivity index (χ1) is 18.6. The normalized spacial score (nSPS) is 18.0. The summed E-state index contributed by atoms with van der Waals surface area (Å²) in [6.45, 7) is 1.96. The van der Waals surface area contributed by atoms with Crippen LogP contribution in [-0.2, 0) is 4.79 Å². The van der Waals surface area contributed by atoms with Gasteiger partial charge in [0.1, 0.15) is 11.7 Å². The number of aromatic amines is 1. The van der Waals surface area contributed by atoms with Gasteiger partial charge in [-0.15, -0.1) is 0 Å². The average Bonchev–Trinajstić information content (AvgIpc) is 3.42. The van der Waals surface area contributed by atoms with E-state index >= 15 is 0 Å². The van der Waals surface area contributed by atoms with Gasteiger partial charge in [-0.25, -0.2) is 9.97 Å². The maximum absolute atomic E-state index is 13.9. The van der Waals surface area contributed by atoms with Gasteiger partial charge in [-0.3, -0.25) is 14.8 Å². The van der Waals surface area contributed by atoms with Crippen molar-refractivity contribution in [3.8, 4) is 11.5 Å². The van der Waals surface area contributed by atoms with Crippen molar-refractivity contribution in [2.24, 2.45) is 0 Å². The molecule has 0 saturated heterocycles. The van der Waals surface area contributed by atoms with E-state index < -0.39 is 6.04 Å². The van der Waals surface area contributed by atoms with Crippen molar-refractivity contribution in [3.05, 3.63) is 42.9 Å². The second-order valence-corrected chi connectivity index (χ2v) is 9.65. The van der Waals surface area contributed by atoms with E-state index in [0.717, 1.165) is 42.6 Å². The zero-order valence-electron chi connectivity index (χ0n) is 21.6. The molecule has 1 saturated carbocycles. The van der Waals surface area contributed by atoms with E-state index in [2.05, 4.69) is 30.4 Å². The summed E-state index contributed by atoms with van der Waals surface area (Å²) in [6.07, 6.45) is 10.7. The van der Waals surface area contributed by atoms with Crippen LogP contribution in [-0.4, -0.2) is 57.4 Å². The van der Waals surface area contributed by atoms with Gasteiger partial charge in [0.15, 0.2) is 23.0 Å². The summed E-state index contributed by atoms with van der Waals surface area (Å²) in [5.41, 5.74) is 2.77. The van der Waals surface area contributed by atoms with E-state index in [1.807, 2.05) is 25.1 Å². The molecule has 38 heavy (non-hydrogen) atoms. The summed E-state index contributed by atoms with van der Waals surface area (Å²) >= 11 is 0. The standard InChI is InChI=1S/C27H30N8O3/c1-16-26(36)35(20-9-10-22(37-2)23(12-20)38-3)21-15-29-27(31-18-11-17-13-30-33-24(17)28-14-18)32-25(21)34(16)19-7-5-4-6-8-19/h9-16,19H,4-8H2,1-3H3,(H,28,30,33)(H,29,31,32)/t16-/m1/s1. The number of H-pyrrole nitrogens is 1. The highest BCUT2D eigenvalue weighted by atomic mass is 16.5. The highest BCUT2D eigenvalue weighted by Gasteiger charge is 2.41. The highest BCUT2D eigenvalue weighted by molar-refractivity contribution is 6.10. The molecule has 1 aliphatic heterocycles. The second-order valence-electron chi connectivity index (χ2n) is 9.65. The van der Waals surface area contributed by atoms with Gasteiger partial charge in [-0.2, -0.15) is 10.1 Å². The Labute approximate surface area is 220 Å². The zero-order valence-corrected chi connectivity index (χ0v) is 21.6. The highest BCUT2D eigenvalue weighted by Crippen LogP contribution is 2.44. The van der Waals surface area contributed by atoms with Crippen LogP contribution in [0.15, 0.2) is 42.9 Å². The number of benzene rings is 1. The average molecular weight is 515 g/mol. The molecule has 1 aliphatic carbocycles. The van der Waals surface area contributed by atoms with Crippen molar-refractivity contribution < 1.29 is 14.3 Å². The first-order valence-electron chi connectivity index (χ1n) is 12.8. The Bertz CT molecular complexity index is 1480. The van der Waals surface area contributed by atoms with Crippen molar-refractivity contribution in [1.82, 2.24) is 25.1 Å². The number of carbonyl (C=O) groups is 1. The maximum Gasteiger partial charge on any atom is 0.254 e. The summed E-state index contributed by atoms with van der Waals surface area (Å²) in [6, 6.07) is 7.24. The van der Waals surface area contributed by atoms with Crippen LogP contribution in [0.25, 0.3) is 11.0 Å². The molecule has 0 bridgehead atoms. The minimum atomic E-state index is -0.398. The number of fused-ring (bicyclic) bond motifs is 2. The molecular weight excluding hydrogens is 484 g/mol. The van der Waals surface area contributed by atoms with Crippen molar-refractivity contribution in [2.45, 2.75) is 51.1 Å². The van der Waals surface area contributed by atoms with Crippen LogP contribution in [0.5, 0.6) is 11.5 Å². The Morgan fingerprint density at radius 3 is 2.61 bits per heavy atom. The number of nitrogens with zero attached hydrogens (tertiary/aromatic N) is 6. The van der Waals surface area contributed by atoms with Crippen molar-refractivity contribution >= 4 is 45.8 Å². The number of ether oxygens (including phenoxy) is 2. The maximum atomic E-state index is 13.9. The lowest BCUT2D eigenvalue weighted by Crippen LogP contribution is -2.55. The molecule has 4 heterocycles. The fourth-order valence-electron chi connectivity index (χ4n) is 5.50. The third-order valence-electron chi connectivity index (χ3n) is 7.37. The van der Waals surface area contributed by atoms with E-state index in [9.17, 15) is 4.79 Å². The monoisotopic (exact) mass is 514 g/mol. The molecule has 1 aromatic carbocycles. The summed E-state index contributed by atoms with van der Waals surface area (Å²) in [5.74, 6) is 2.27. The number of methoxy groups -OCH3 is 2. The molecule has 0 radical (unpaired) electrons. The predicted molar refractivity (Wildman–Crippen MR) is 145 cm³/mol. The van der Waals surface area contributed by atoms with E-state index in [4.69, 9.17) is 14.5 Å². The molecule has 1 fully saturated rings. The lowest BCUT2D eigenvalue weighted by Gasteiger charge is -2.45. The van der Waals surface area contributed by atoms with Gasteiger partial charge in [0, 0.05) is 17.5 Å². The molecule has 4 aromatic rings. The van der Waals surface area contributed by atoms with E-state index in [-0.39, 0.29) is 11.9 Å². The number of rotatable bonds is 6. The Balaban J connectivity index is 1.43. The molecule has 0 spiro atoms. The summed E-state index contributed by atoms with van der Waals surface area (Å²) < 4.78 is 10.9. The van der Waals surface area contributed by atoms with Gasteiger partial charge in [-0.1, -0.05) is 19.3 Å². The van der Waals surface area contributed by atoms with Gasteiger partial charge in [0.25, 0.3) is 5.91 Å². The van der Waals surface area contributed by atoms with Crippen LogP contribution >= 0.6 is 0 Å². The van der Waals surface area contributed by atoms with Gasteiger partial charge >= 0.3 is 0 Å². The lowest BCUT2D eigenvalue weighted by atomic mass is 9.92. The Morgan fingerprint density at radius 2 is 1.82 bits per heavy atom. The van der Waals surface area contributed by atoms with Crippen LogP contribution in [0.1, 0.15) is 39.0 Å². The minimum Gasteiger partial charge on any atom is -0.493 e. The van der Waals surface area contributed by atoms with Gasteiger partial charge in [0.2, 0.25) is 5.95 Å². The van der Waals surface area contributed by atoms with Crippen LogP contribution in [0.4, 0.5) is 28.8 Å². The van der Waals surface area contributed by atoms with Crippen LogP contribution < -0.4 is 24.6 Å². The quantitative estimate of drug-likeness (QED) is 0.376. The van der Waals surface area contributed by atoms with Crippen molar-refractivity contribution in [1.29, 1.82) is 0 Å². The van der Waals surface area contributed by atoms with Gasteiger partial charge in [0.05, 0.1) is 44.2 Å². The topological polar surface area (TPSA) is 121 Å². The van der Waals surface area contributed by atoms with E-state index in [0.29, 0.717) is 34.5 Å². The summed E-state index contributed by atoms with van der Waals surface area (Å²) in [7, 11) is 3.17. The number of carbonyl (C=O) groups excluding carboxylic acids is 1. The van der Waals surface area contributed by atoms with Crippen molar-refractivity contribution in [2.75, 3.05) is 29.3 Å². The Kier molecular flexibility index (Phi) is 6.18. The number of nitrogens with one attached hydrogen (secondary N) is 2. The van der Waals surface area contributed by atoms with Crippen molar-refractivity contribution in [3.63, 3.8) is 0 Å². The SMILES string of the molecule is COc1ccc(N2C(=O)[C@@H](C)N(C3CCCCC3)c3nc(Nc4cnc5[nH]ncc5c4)ncc32)cc1OC. The molecule has 6 rings (SSSR count). The van der Waals surface area contributed by atoms with Crippen LogP contribution in [0.3, 0.4) is 0 Å². The number of pyridine rings is 1. The molecule has 196 valence electrons. The van der Waals surface area contributed by atoms with Gasteiger partial charge < -0.3 is 19.7 Å². The number of anilines is 5. The first-order valence-corrected chi connectivity index (χ1v) is 12.8. The second kappa shape index (κ2) is 9.81. The number of hydrogen-bond acceptors (Lipinski definition) is 9. The van der Waals surface area contributed by atoms with Crippen LogP contribution in [0.2, 0.25) is 0 Å². The summed E-state index contributed by atoms with van der Waals surface area (Å²) in [5, 5.41) is 11.1. The number of amides is 1. The molecule has 2 aliphatic rings. The molecule has 1 atom stereocenters. The summed E-state index contributed by atoms with van der Waals surface area (Å²) in [4.78, 5) is 31.7. The van der Waals surface area contributed by atoms with E-state index in [1.54, 1.807) is 43.8 Å². The minimum absolute atomic E-state index is 0.0331. The zero-order chi connectivity index (χ0) is 26.2. The first kappa shape index (κ1) is 24.0. The van der Waals surface area contributed by atoms with Crippen LogP contribution in [0, 0.1) is 0 Å². The molecule has 11 heteroatoms. The molecule has 3 aromatic heterocycles. The van der Waals surface area contributed by atoms with Gasteiger partial charge in [-0.05, 0) is 38.0 Å². The molecule has 1 amide bonds. The third kappa shape index (κ3) is 4.13. The molecular formula is C27H30N8O3. The fourth-order valence-corrected chi connectivity index (χ4v) is 5.50. The smallest absolute Gasteiger partial charge is 0.254 e. The molecule has 0 unspecified atom stereocenters. The fraction of sp³-hybridized carbons (Fsp3) is 0.370. The number of hydrogen-bond donors (Lipinski definition) is 2. The van der Waals surface area contributed by atoms with E-state index in [1.165, 1.54) is 6.42 Å². The molecule has 11 nitrogen and oxygen atoms in total. The lowest BCUT2D eigenvalue weighted by molar-refractivity contribution is -0.119. The largest absolute Gasteiger partial charge is 0.493 e. The predicted octanol–water partition coefficient (Wildman–Crippen LogP) is 4.71. The third-order valence-corrected chi connectivity index (χ3v) is 7.37. The Morgan fingerprint density at radius 1 is 1.00 bits per heavy atom.